The van der Waals surface area contributed by atoms with Gasteiger partial charge in [0.2, 0.25) is 10.0 Å². The predicted octanol–water partition coefficient (Wildman–Crippen LogP) is 0.251. The number of benzene rings is 1. The Morgan fingerprint density at radius 3 is 2.75 bits per heavy atom. The summed E-state index contributed by atoms with van der Waals surface area (Å²) in [6.45, 7) is 1.39. The van der Waals surface area contributed by atoms with Gasteiger partial charge in [0.05, 0.1) is 30.9 Å². The van der Waals surface area contributed by atoms with Gasteiger partial charge < -0.3 is 14.4 Å². The monoisotopic (exact) mass is 409 g/mol. The molecule has 2 heterocycles. The SMILES string of the molecule is COCCN(C)C(=O)c1cn(C2CN(S(=O)(=O)c3cccc(OC)c3)C2)nn1. The highest BCUT2D eigenvalue weighted by Gasteiger charge is 2.38. The predicted molar refractivity (Wildman–Crippen MR) is 99.6 cm³/mol. The molecule has 1 aliphatic rings. The number of sulfonamides is 1. The molecule has 10 nitrogen and oxygen atoms in total. The van der Waals surface area contributed by atoms with Crippen LogP contribution in [0.15, 0.2) is 35.4 Å². The molecule has 0 saturated carbocycles. The average molecular weight is 409 g/mol. The Hall–Kier alpha value is -2.50. The summed E-state index contributed by atoms with van der Waals surface area (Å²) < 4.78 is 38.4. The van der Waals surface area contributed by atoms with Gasteiger partial charge in [0.25, 0.3) is 5.91 Å². The molecule has 2 aromatic rings. The Labute approximate surface area is 163 Å². The van der Waals surface area contributed by atoms with Gasteiger partial charge in [-0.2, -0.15) is 4.31 Å². The highest BCUT2D eigenvalue weighted by Crippen LogP contribution is 2.29. The van der Waals surface area contributed by atoms with Crippen LogP contribution in [0.1, 0.15) is 16.5 Å². The summed E-state index contributed by atoms with van der Waals surface area (Å²) in [5.74, 6) is 0.221. The Balaban J connectivity index is 1.63. The van der Waals surface area contributed by atoms with Crippen molar-refractivity contribution < 1.29 is 22.7 Å². The van der Waals surface area contributed by atoms with Crippen LogP contribution >= 0.6 is 0 Å². The first-order valence-electron chi connectivity index (χ1n) is 8.67. The first kappa shape index (κ1) is 20.2. The van der Waals surface area contributed by atoms with E-state index in [4.69, 9.17) is 9.47 Å². The maximum atomic E-state index is 12.7. The highest BCUT2D eigenvalue weighted by molar-refractivity contribution is 7.89. The summed E-state index contributed by atoms with van der Waals surface area (Å²) >= 11 is 0. The molecule has 1 aromatic heterocycles. The number of ether oxygens (including phenoxy) is 2. The first-order chi connectivity index (χ1) is 13.4. The van der Waals surface area contributed by atoms with Gasteiger partial charge >= 0.3 is 0 Å². The van der Waals surface area contributed by atoms with Crippen molar-refractivity contribution in [2.24, 2.45) is 0 Å². The number of rotatable bonds is 8. The lowest BCUT2D eigenvalue weighted by Crippen LogP contribution is -2.50. The van der Waals surface area contributed by atoms with E-state index in [9.17, 15) is 13.2 Å². The van der Waals surface area contributed by atoms with Gasteiger partial charge in [-0.15, -0.1) is 5.10 Å². The molecule has 1 amide bonds. The molecule has 1 aliphatic heterocycles. The van der Waals surface area contributed by atoms with E-state index >= 15 is 0 Å². The summed E-state index contributed by atoms with van der Waals surface area (Å²) in [7, 11) is 1.11. The van der Waals surface area contributed by atoms with E-state index in [1.807, 2.05) is 0 Å². The number of methoxy groups -OCH3 is 2. The van der Waals surface area contributed by atoms with E-state index in [1.165, 1.54) is 33.1 Å². The van der Waals surface area contributed by atoms with Crippen molar-refractivity contribution in [3.05, 3.63) is 36.2 Å². The summed E-state index contributed by atoms with van der Waals surface area (Å²) in [6, 6.07) is 6.19. The fourth-order valence-corrected chi connectivity index (χ4v) is 4.32. The van der Waals surface area contributed by atoms with E-state index in [1.54, 1.807) is 32.5 Å². The van der Waals surface area contributed by atoms with Gasteiger partial charge in [0.15, 0.2) is 5.69 Å². The Kier molecular flexibility index (Phi) is 5.96. The molecule has 1 saturated heterocycles. The number of carbonyl (C=O) groups excluding carboxylic acids is 1. The number of carbonyl (C=O) groups is 1. The lowest BCUT2D eigenvalue weighted by Gasteiger charge is -2.37. The summed E-state index contributed by atoms with van der Waals surface area (Å²) in [6.07, 6.45) is 1.55. The summed E-state index contributed by atoms with van der Waals surface area (Å²) in [5.41, 5.74) is 0.215. The molecular formula is C17H23N5O5S. The minimum Gasteiger partial charge on any atom is -0.497 e. The van der Waals surface area contributed by atoms with Crippen molar-refractivity contribution in [3.63, 3.8) is 0 Å². The molecular weight excluding hydrogens is 386 g/mol. The van der Waals surface area contributed by atoms with Crippen LogP contribution in [0.25, 0.3) is 0 Å². The van der Waals surface area contributed by atoms with Crippen LogP contribution in [-0.2, 0) is 14.8 Å². The molecule has 11 heteroatoms. The second kappa shape index (κ2) is 8.25. The van der Waals surface area contributed by atoms with Crippen LogP contribution in [0.5, 0.6) is 5.75 Å². The molecule has 0 N–H and O–H groups in total. The number of hydrogen-bond acceptors (Lipinski definition) is 7. The van der Waals surface area contributed by atoms with E-state index in [2.05, 4.69) is 10.3 Å². The third-order valence-electron chi connectivity index (χ3n) is 4.59. The van der Waals surface area contributed by atoms with Gasteiger partial charge in [-0.1, -0.05) is 11.3 Å². The van der Waals surface area contributed by atoms with Crippen LogP contribution in [0, 0.1) is 0 Å². The number of nitrogens with zero attached hydrogens (tertiary/aromatic N) is 5. The maximum Gasteiger partial charge on any atom is 0.275 e. The second-order valence-electron chi connectivity index (χ2n) is 6.46. The Bertz CT molecular complexity index is 939. The zero-order valence-corrected chi connectivity index (χ0v) is 16.8. The topological polar surface area (TPSA) is 107 Å². The summed E-state index contributed by atoms with van der Waals surface area (Å²) in [4.78, 5) is 14.0. The second-order valence-corrected chi connectivity index (χ2v) is 8.40. The van der Waals surface area contributed by atoms with Crippen LogP contribution in [0.3, 0.4) is 0 Å². The van der Waals surface area contributed by atoms with E-state index in [-0.39, 0.29) is 35.6 Å². The number of likely N-dealkylation sites (N-methyl/N-ethyl adjacent to an activating group) is 1. The quantitative estimate of drug-likeness (QED) is 0.615. The molecule has 0 radical (unpaired) electrons. The van der Waals surface area contributed by atoms with E-state index in [0.717, 1.165) is 0 Å². The minimum absolute atomic E-state index is 0.168. The molecule has 1 fully saturated rings. The van der Waals surface area contributed by atoms with Gasteiger partial charge in [0, 0.05) is 39.9 Å². The minimum atomic E-state index is -3.61. The van der Waals surface area contributed by atoms with Gasteiger partial charge in [-0.3, -0.25) is 4.79 Å². The standard InChI is InChI=1S/C17H23N5O5S/c1-20(7-8-26-2)17(23)16-12-22(19-18-16)13-10-21(11-13)28(24,25)15-6-4-5-14(9-15)27-3/h4-6,9,12-13H,7-8,10-11H2,1-3H3. The normalized spacial score (nSPS) is 15.2. The van der Waals surface area contributed by atoms with Crippen molar-refractivity contribution in [3.8, 4) is 5.75 Å². The van der Waals surface area contributed by atoms with Crippen molar-refractivity contribution in [2.45, 2.75) is 10.9 Å². The molecule has 0 spiro atoms. The molecule has 0 bridgehead atoms. The van der Waals surface area contributed by atoms with Gasteiger partial charge in [0.1, 0.15) is 5.75 Å². The maximum absolute atomic E-state index is 12.7. The van der Waals surface area contributed by atoms with E-state index < -0.39 is 10.0 Å². The number of aromatic nitrogens is 3. The van der Waals surface area contributed by atoms with Crippen LogP contribution in [-0.4, -0.2) is 86.0 Å². The van der Waals surface area contributed by atoms with Gasteiger partial charge in [-0.05, 0) is 12.1 Å². The fourth-order valence-electron chi connectivity index (χ4n) is 2.77. The molecule has 0 atom stereocenters. The van der Waals surface area contributed by atoms with Gasteiger partial charge in [-0.25, -0.2) is 13.1 Å². The smallest absolute Gasteiger partial charge is 0.275 e. The Morgan fingerprint density at radius 1 is 1.32 bits per heavy atom. The first-order valence-corrected chi connectivity index (χ1v) is 10.1. The van der Waals surface area contributed by atoms with Crippen molar-refractivity contribution in [1.82, 2.24) is 24.2 Å². The molecule has 28 heavy (non-hydrogen) atoms. The zero-order chi connectivity index (χ0) is 20.3. The molecule has 0 unspecified atom stereocenters. The third kappa shape index (κ3) is 4.01. The fraction of sp³-hybridized carbons (Fsp3) is 0.471. The van der Waals surface area contributed by atoms with Crippen molar-refractivity contribution in [2.75, 3.05) is 47.5 Å². The Morgan fingerprint density at radius 2 is 2.07 bits per heavy atom. The van der Waals surface area contributed by atoms with E-state index in [0.29, 0.717) is 18.9 Å². The molecule has 0 aliphatic carbocycles. The number of hydrogen-bond donors (Lipinski definition) is 0. The van der Waals surface area contributed by atoms with Crippen LogP contribution in [0.2, 0.25) is 0 Å². The average Bonchev–Trinajstić information content (AvgIpc) is 3.13. The number of amides is 1. The lowest BCUT2D eigenvalue weighted by molar-refractivity contribution is 0.0738. The largest absolute Gasteiger partial charge is 0.497 e. The molecule has 1 aromatic carbocycles. The summed E-state index contributed by atoms with van der Waals surface area (Å²) in [5, 5.41) is 7.90. The highest BCUT2D eigenvalue weighted by atomic mass is 32.2. The zero-order valence-electron chi connectivity index (χ0n) is 16.0. The van der Waals surface area contributed by atoms with Crippen molar-refractivity contribution in [1.29, 1.82) is 0 Å². The van der Waals surface area contributed by atoms with Crippen LogP contribution < -0.4 is 4.74 Å². The molecule has 3 rings (SSSR count). The van der Waals surface area contributed by atoms with Crippen LogP contribution in [0.4, 0.5) is 0 Å². The third-order valence-corrected chi connectivity index (χ3v) is 6.42. The van der Waals surface area contributed by atoms with Crippen molar-refractivity contribution >= 4 is 15.9 Å². The molecule has 152 valence electrons. The lowest BCUT2D eigenvalue weighted by atomic mass is 10.2.